The van der Waals surface area contributed by atoms with Crippen LogP contribution in [0.15, 0.2) is 17.1 Å². The number of methoxy groups -OCH3 is 1. The van der Waals surface area contributed by atoms with E-state index in [4.69, 9.17) is 0 Å². The molecule has 3 heterocycles. The van der Waals surface area contributed by atoms with E-state index in [-0.39, 0.29) is 5.56 Å². The largest absolute Gasteiger partial charge is 0.467 e. The van der Waals surface area contributed by atoms with Gasteiger partial charge in [-0.15, -0.1) is 0 Å². The Hall–Kier alpha value is -2.72. The smallest absolute Gasteiger partial charge is 0.436 e. The average molecular weight is 360 g/mol. The first-order valence-corrected chi connectivity index (χ1v) is 7.20. The van der Waals surface area contributed by atoms with Crippen LogP contribution in [0.4, 0.5) is 17.6 Å². The lowest BCUT2D eigenvalue weighted by Gasteiger charge is -2.10. The zero-order valence-electron chi connectivity index (χ0n) is 12.9. The van der Waals surface area contributed by atoms with Gasteiger partial charge in [0.25, 0.3) is 0 Å². The number of aromatic nitrogens is 4. The van der Waals surface area contributed by atoms with E-state index in [1.165, 1.54) is 7.11 Å². The Morgan fingerprint density at radius 2 is 2.16 bits per heavy atom. The fourth-order valence-corrected chi connectivity index (χ4v) is 2.77. The number of ether oxygens (including phenoxy) is 1. The molecule has 2 aromatic rings. The monoisotopic (exact) mass is 360 g/mol. The van der Waals surface area contributed by atoms with E-state index in [0.717, 1.165) is 21.5 Å². The molecule has 0 fully saturated rings. The first-order valence-electron chi connectivity index (χ1n) is 7.20. The number of nitrogens with zero attached hydrogens (tertiary/aromatic N) is 4. The molecule has 0 radical (unpaired) electrons. The number of fused-ring (bicyclic) bond motifs is 1. The number of esters is 1. The average Bonchev–Trinajstić information content (AvgIpc) is 3.08. The van der Waals surface area contributed by atoms with Crippen molar-refractivity contribution in [3.05, 3.63) is 45.6 Å². The maximum Gasteiger partial charge on any atom is 0.436 e. The summed E-state index contributed by atoms with van der Waals surface area (Å²) >= 11 is 0. The number of hydrogen-bond acceptors (Lipinski definition) is 5. The van der Waals surface area contributed by atoms with Crippen molar-refractivity contribution in [2.45, 2.75) is 31.6 Å². The van der Waals surface area contributed by atoms with E-state index >= 15 is 0 Å². The Bertz CT molecular complexity index is 887. The van der Waals surface area contributed by atoms with E-state index in [0.29, 0.717) is 18.7 Å². The van der Waals surface area contributed by atoms with Crippen molar-refractivity contribution in [2.75, 3.05) is 7.11 Å². The predicted molar refractivity (Wildman–Crippen MR) is 74.2 cm³/mol. The zero-order chi connectivity index (χ0) is 18.4. The van der Waals surface area contributed by atoms with Crippen molar-refractivity contribution in [1.29, 1.82) is 0 Å². The van der Waals surface area contributed by atoms with Gasteiger partial charge in [-0.2, -0.15) is 18.3 Å². The first kappa shape index (κ1) is 17.1. The standard InChI is InChI=1S/C14H12F4N4O3/c1-25-12(23)8-2-3-9-20-21(13(24)22(8)9)6-7-4-5-19-11(10(7)15)14(16,17)18/h4-5,8H,2-3,6H2,1H3/t8-/m0/s1. The Balaban J connectivity index is 1.97. The maximum absolute atomic E-state index is 14.0. The van der Waals surface area contributed by atoms with Crippen LogP contribution in [0.25, 0.3) is 0 Å². The molecular weight excluding hydrogens is 348 g/mol. The van der Waals surface area contributed by atoms with Crippen molar-refractivity contribution in [3.8, 4) is 0 Å². The summed E-state index contributed by atoms with van der Waals surface area (Å²) in [6.07, 6.45) is -3.47. The van der Waals surface area contributed by atoms with Gasteiger partial charge in [0, 0.05) is 18.2 Å². The van der Waals surface area contributed by atoms with Crippen molar-refractivity contribution < 1.29 is 27.1 Å². The fourth-order valence-electron chi connectivity index (χ4n) is 2.77. The van der Waals surface area contributed by atoms with Crippen molar-refractivity contribution in [1.82, 2.24) is 19.3 Å². The van der Waals surface area contributed by atoms with Crippen LogP contribution in [-0.2, 0) is 28.7 Å². The minimum Gasteiger partial charge on any atom is -0.467 e. The van der Waals surface area contributed by atoms with Gasteiger partial charge >= 0.3 is 17.8 Å². The minimum atomic E-state index is -4.95. The summed E-state index contributed by atoms with van der Waals surface area (Å²) < 4.78 is 58.7. The van der Waals surface area contributed by atoms with Crippen LogP contribution in [0.3, 0.4) is 0 Å². The van der Waals surface area contributed by atoms with Crippen LogP contribution in [0, 0.1) is 5.82 Å². The Morgan fingerprint density at radius 3 is 2.80 bits per heavy atom. The third-order valence-corrected chi connectivity index (χ3v) is 3.93. The topological polar surface area (TPSA) is 79.0 Å². The highest BCUT2D eigenvalue weighted by atomic mass is 19.4. The second-order valence-corrected chi connectivity index (χ2v) is 5.43. The second kappa shape index (κ2) is 5.97. The Kier molecular flexibility index (Phi) is 4.09. The van der Waals surface area contributed by atoms with E-state index in [1.54, 1.807) is 0 Å². The number of halogens is 4. The summed E-state index contributed by atoms with van der Waals surface area (Å²) in [4.78, 5) is 27.1. The molecule has 11 heteroatoms. The number of carbonyl (C=O) groups excluding carboxylic acids is 1. The van der Waals surface area contributed by atoms with Crippen LogP contribution in [0.1, 0.15) is 29.5 Å². The molecule has 0 unspecified atom stereocenters. The molecule has 0 amide bonds. The lowest BCUT2D eigenvalue weighted by molar-refractivity contribution is -0.145. The highest BCUT2D eigenvalue weighted by Gasteiger charge is 2.37. The quantitative estimate of drug-likeness (QED) is 0.609. The van der Waals surface area contributed by atoms with Crippen molar-refractivity contribution >= 4 is 5.97 Å². The third kappa shape index (κ3) is 2.89. The van der Waals surface area contributed by atoms with Gasteiger partial charge in [-0.1, -0.05) is 0 Å². The maximum atomic E-state index is 14.0. The summed E-state index contributed by atoms with van der Waals surface area (Å²) in [5.41, 5.74) is -2.75. The molecule has 0 bridgehead atoms. The van der Waals surface area contributed by atoms with Crippen molar-refractivity contribution in [2.24, 2.45) is 0 Å². The number of pyridine rings is 1. The highest BCUT2D eigenvalue weighted by Crippen LogP contribution is 2.30. The van der Waals surface area contributed by atoms with E-state index < -0.39 is 41.9 Å². The zero-order valence-corrected chi connectivity index (χ0v) is 12.9. The van der Waals surface area contributed by atoms with Gasteiger partial charge in [0.1, 0.15) is 11.9 Å². The number of rotatable bonds is 3. The lowest BCUT2D eigenvalue weighted by atomic mass is 10.2. The molecule has 3 rings (SSSR count). The summed E-state index contributed by atoms with van der Waals surface area (Å²) in [5.74, 6) is -1.87. The number of aryl methyl sites for hydroxylation is 1. The molecule has 0 N–H and O–H groups in total. The summed E-state index contributed by atoms with van der Waals surface area (Å²) in [7, 11) is 1.18. The Morgan fingerprint density at radius 1 is 1.44 bits per heavy atom. The van der Waals surface area contributed by atoms with Crippen LogP contribution < -0.4 is 5.69 Å². The number of alkyl halides is 3. The molecule has 0 aliphatic carbocycles. The molecule has 0 saturated heterocycles. The molecular formula is C14H12F4N4O3. The van der Waals surface area contributed by atoms with E-state index in [1.807, 2.05) is 0 Å². The van der Waals surface area contributed by atoms with Crippen LogP contribution in [0.5, 0.6) is 0 Å². The van der Waals surface area contributed by atoms with Crippen molar-refractivity contribution in [3.63, 3.8) is 0 Å². The number of carbonyl (C=O) groups is 1. The lowest BCUT2D eigenvalue weighted by Crippen LogP contribution is -2.31. The molecule has 7 nitrogen and oxygen atoms in total. The van der Waals surface area contributed by atoms with E-state index in [2.05, 4.69) is 14.8 Å². The highest BCUT2D eigenvalue weighted by molar-refractivity contribution is 5.74. The summed E-state index contributed by atoms with van der Waals surface area (Å²) in [5, 5.41) is 3.98. The summed E-state index contributed by atoms with van der Waals surface area (Å²) in [6.45, 7) is -0.510. The third-order valence-electron chi connectivity index (χ3n) is 3.93. The van der Waals surface area contributed by atoms with Crippen LogP contribution in [-0.4, -0.2) is 32.4 Å². The molecule has 1 atom stereocenters. The number of hydrogen-bond donors (Lipinski definition) is 0. The molecule has 25 heavy (non-hydrogen) atoms. The van der Waals surface area contributed by atoms with E-state index in [9.17, 15) is 27.2 Å². The molecule has 0 saturated carbocycles. The SMILES string of the molecule is COC(=O)[C@@H]1CCc2nn(Cc3ccnc(C(F)(F)F)c3F)c(=O)n21. The van der Waals surface area contributed by atoms with Gasteiger partial charge in [-0.25, -0.2) is 23.6 Å². The summed E-state index contributed by atoms with van der Waals surface area (Å²) in [6, 6.07) is 0.202. The van der Waals surface area contributed by atoms with Crippen LogP contribution in [0.2, 0.25) is 0 Å². The normalized spacial score (nSPS) is 16.8. The van der Waals surface area contributed by atoms with Gasteiger partial charge < -0.3 is 4.74 Å². The molecule has 0 aromatic carbocycles. The van der Waals surface area contributed by atoms with Gasteiger partial charge in [0.05, 0.1) is 13.7 Å². The second-order valence-electron chi connectivity index (χ2n) is 5.43. The predicted octanol–water partition coefficient (Wildman–Crippen LogP) is 1.31. The molecule has 0 spiro atoms. The molecule has 1 aliphatic rings. The molecule has 134 valence electrons. The van der Waals surface area contributed by atoms with Gasteiger partial charge in [0.2, 0.25) is 0 Å². The van der Waals surface area contributed by atoms with Gasteiger partial charge in [0.15, 0.2) is 11.5 Å². The fraction of sp³-hybridized carbons (Fsp3) is 0.429. The molecule has 1 aliphatic heterocycles. The van der Waals surface area contributed by atoms with Gasteiger partial charge in [-0.3, -0.25) is 4.57 Å². The van der Waals surface area contributed by atoms with Crippen LogP contribution >= 0.6 is 0 Å². The van der Waals surface area contributed by atoms with Gasteiger partial charge in [-0.05, 0) is 12.5 Å². The minimum absolute atomic E-state index is 0.297. The Labute approximate surface area is 137 Å². The first-order chi connectivity index (χ1) is 11.7. The molecule has 2 aromatic heterocycles.